The minimum absolute atomic E-state index is 0.000982. The molecule has 2 N–H and O–H groups in total. The van der Waals surface area contributed by atoms with Crippen molar-refractivity contribution in [2.24, 2.45) is 0 Å². The average molecular weight is 299 g/mol. The van der Waals surface area contributed by atoms with Crippen molar-refractivity contribution in [1.82, 2.24) is 4.31 Å². The largest absolute Gasteiger partial charge is 0.479 e. The number of aliphatic hydroxyl groups is 1. The molecule has 1 aromatic carbocycles. The molecule has 1 saturated heterocycles. The summed E-state index contributed by atoms with van der Waals surface area (Å²) in [6, 6.07) is 6.49. The highest BCUT2D eigenvalue weighted by atomic mass is 32.2. The molecule has 1 aliphatic rings. The first-order chi connectivity index (χ1) is 9.25. The fourth-order valence-electron chi connectivity index (χ4n) is 2.17. The summed E-state index contributed by atoms with van der Waals surface area (Å²) >= 11 is 0. The minimum atomic E-state index is -3.63. The number of hydrogen-bond acceptors (Lipinski definition) is 4. The van der Waals surface area contributed by atoms with Crippen molar-refractivity contribution in [1.29, 1.82) is 0 Å². The fraction of sp³-hybridized carbons (Fsp3) is 0.462. The van der Waals surface area contributed by atoms with Gasteiger partial charge in [-0.1, -0.05) is 17.7 Å². The molecule has 0 spiro atoms. The number of carbonyl (C=O) groups is 1. The average Bonchev–Trinajstić information content (AvgIpc) is 2.39. The van der Waals surface area contributed by atoms with E-state index in [1.54, 1.807) is 12.1 Å². The van der Waals surface area contributed by atoms with Gasteiger partial charge in [0, 0.05) is 25.9 Å². The van der Waals surface area contributed by atoms with E-state index in [2.05, 4.69) is 0 Å². The summed E-state index contributed by atoms with van der Waals surface area (Å²) in [4.78, 5) is 11.1. The summed E-state index contributed by atoms with van der Waals surface area (Å²) in [5, 5.41) is 18.7. The summed E-state index contributed by atoms with van der Waals surface area (Å²) in [5.41, 5.74) is -0.859. The van der Waals surface area contributed by atoms with Crippen LogP contribution in [0.15, 0.2) is 29.2 Å². The van der Waals surface area contributed by atoms with Crippen molar-refractivity contribution < 1.29 is 23.4 Å². The molecule has 110 valence electrons. The Hall–Kier alpha value is -1.44. The zero-order valence-electron chi connectivity index (χ0n) is 11.1. The second-order valence-electron chi connectivity index (χ2n) is 5.05. The molecule has 7 heteroatoms. The molecule has 1 heterocycles. The Balaban J connectivity index is 2.17. The van der Waals surface area contributed by atoms with Gasteiger partial charge in [-0.05, 0) is 19.1 Å². The van der Waals surface area contributed by atoms with Crippen LogP contribution in [0.25, 0.3) is 0 Å². The van der Waals surface area contributed by atoms with Crippen LogP contribution in [0.3, 0.4) is 0 Å². The number of rotatable bonds is 3. The predicted octanol–water partition coefficient (Wildman–Crippen LogP) is 0.595. The Morgan fingerprint density at radius 2 is 1.70 bits per heavy atom. The highest BCUT2D eigenvalue weighted by Gasteiger charge is 2.42. The van der Waals surface area contributed by atoms with Gasteiger partial charge in [-0.15, -0.1) is 0 Å². The number of carboxylic acids is 1. The maximum absolute atomic E-state index is 12.4. The smallest absolute Gasteiger partial charge is 0.335 e. The monoisotopic (exact) mass is 299 g/mol. The lowest BCUT2D eigenvalue weighted by Gasteiger charge is -2.34. The molecule has 0 unspecified atom stereocenters. The first-order valence-corrected chi connectivity index (χ1v) is 7.72. The lowest BCUT2D eigenvalue weighted by atomic mass is 9.93. The Morgan fingerprint density at radius 1 is 1.20 bits per heavy atom. The first-order valence-electron chi connectivity index (χ1n) is 6.28. The number of sulfonamides is 1. The molecule has 0 amide bonds. The summed E-state index contributed by atoms with van der Waals surface area (Å²) in [6.45, 7) is 1.86. The third kappa shape index (κ3) is 2.70. The molecule has 20 heavy (non-hydrogen) atoms. The molecular weight excluding hydrogens is 282 g/mol. The predicted molar refractivity (Wildman–Crippen MR) is 71.8 cm³/mol. The Bertz CT molecular complexity index is 600. The lowest BCUT2D eigenvalue weighted by Crippen LogP contribution is -2.50. The molecule has 0 bridgehead atoms. The lowest BCUT2D eigenvalue weighted by molar-refractivity contribution is -0.162. The minimum Gasteiger partial charge on any atom is -0.479 e. The van der Waals surface area contributed by atoms with Crippen LogP contribution in [0.2, 0.25) is 0 Å². The number of hydrogen-bond donors (Lipinski definition) is 2. The zero-order chi connectivity index (χ0) is 15.0. The number of piperidine rings is 1. The molecule has 1 fully saturated rings. The van der Waals surface area contributed by atoms with Crippen LogP contribution in [0, 0.1) is 6.92 Å². The standard InChI is InChI=1S/C13H17NO5S/c1-10-2-4-11(5-3-10)20(18,19)14-8-6-13(17,7-9-14)12(15)16/h2-5,17H,6-9H2,1H3,(H,15,16). The van der Waals surface area contributed by atoms with Gasteiger partial charge in [0.25, 0.3) is 0 Å². The van der Waals surface area contributed by atoms with E-state index in [1.165, 1.54) is 16.4 Å². The van der Waals surface area contributed by atoms with Gasteiger partial charge in [0.2, 0.25) is 10.0 Å². The van der Waals surface area contributed by atoms with Gasteiger partial charge >= 0.3 is 5.97 Å². The fourth-order valence-corrected chi connectivity index (χ4v) is 3.61. The highest BCUT2D eigenvalue weighted by Crippen LogP contribution is 2.27. The van der Waals surface area contributed by atoms with Gasteiger partial charge in [0.05, 0.1) is 4.90 Å². The van der Waals surface area contributed by atoms with Gasteiger partial charge < -0.3 is 10.2 Å². The van der Waals surface area contributed by atoms with E-state index >= 15 is 0 Å². The van der Waals surface area contributed by atoms with E-state index in [0.717, 1.165) is 5.56 Å². The number of nitrogens with zero attached hydrogens (tertiary/aromatic N) is 1. The molecule has 6 nitrogen and oxygen atoms in total. The van der Waals surface area contributed by atoms with Gasteiger partial charge in [0.1, 0.15) is 0 Å². The van der Waals surface area contributed by atoms with Gasteiger partial charge in [-0.25, -0.2) is 13.2 Å². The number of carboxylic acid groups (broad SMARTS) is 1. The third-order valence-electron chi connectivity index (χ3n) is 3.61. The van der Waals surface area contributed by atoms with Crippen LogP contribution in [0.1, 0.15) is 18.4 Å². The van der Waals surface area contributed by atoms with Crippen molar-refractivity contribution in [3.05, 3.63) is 29.8 Å². The van der Waals surface area contributed by atoms with E-state index < -0.39 is 21.6 Å². The molecule has 0 saturated carbocycles. The quantitative estimate of drug-likeness (QED) is 0.852. The van der Waals surface area contributed by atoms with Crippen molar-refractivity contribution in [2.75, 3.05) is 13.1 Å². The van der Waals surface area contributed by atoms with Crippen LogP contribution in [0.4, 0.5) is 0 Å². The summed E-state index contributed by atoms with van der Waals surface area (Å²) in [5.74, 6) is -1.30. The molecule has 0 aliphatic carbocycles. The molecule has 0 aromatic heterocycles. The van der Waals surface area contributed by atoms with Crippen molar-refractivity contribution in [3.63, 3.8) is 0 Å². The summed E-state index contributed by atoms with van der Waals surface area (Å²) < 4.78 is 26.0. The van der Waals surface area contributed by atoms with Crippen LogP contribution in [0.5, 0.6) is 0 Å². The Labute approximate surface area is 117 Å². The normalized spacial score (nSPS) is 19.7. The van der Waals surface area contributed by atoms with E-state index in [-0.39, 0.29) is 30.8 Å². The molecule has 1 aliphatic heterocycles. The molecule has 2 rings (SSSR count). The number of aliphatic carboxylic acids is 1. The first kappa shape index (κ1) is 15.0. The third-order valence-corrected chi connectivity index (χ3v) is 5.52. The van der Waals surface area contributed by atoms with E-state index in [1.807, 2.05) is 6.92 Å². The SMILES string of the molecule is Cc1ccc(S(=O)(=O)N2CCC(O)(C(=O)O)CC2)cc1. The Kier molecular flexibility index (Phi) is 3.86. The van der Waals surface area contributed by atoms with E-state index in [9.17, 15) is 18.3 Å². The molecule has 0 radical (unpaired) electrons. The maximum atomic E-state index is 12.4. The van der Waals surface area contributed by atoms with Crippen LogP contribution >= 0.6 is 0 Å². The number of benzene rings is 1. The second-order valence-corrected chi connectivity index (χ2v) is 6.99. The van der Waals surface area contributed by atoms with Gasteiger partial charge in [0.15, 0.2) is 5.60 Å². The molecule has 1 aromatic rings. The van der Waals surface area contributed by atoms with Gasteiger partial charge in [-0.2, -0.15) is 4.31 Å². The van der Waals surface area contributed by atoms with Crippen LogP contribution < -0.4 is 0 Å². The zero-order valence-corrected chi connectivity index (χ0v) is 11.9. The summed E-state index contributed by atoms with van der Waals surface area (Å²) in [7, 11) is -3.63. The van der Waals surface area contributed by atoms with Crippen molar-refractivity contribution >= 4 is 16.0 Å². The summed E-state index contributed by atoms with van der Waals surface area (Å²) in [6.07, 6.45) is -0.207. The van der Waals surface area contributed by atoms with Crippen LogP contribution in [-0.4, -0.2) is 47.6 Å². The van der Waals surface area contributed by atoms with E-state index in [0.29, 0.717) is 0 Å². The molecule has 0 atom stereocenters. The van der Waals surface area contributed by atoms with Crippen molar-refractivity contribution in [3.8, 4) is 0 Å². The van der Waals surface area contributed by atoms with Gasteiger partial charge in [-0.3, -0.25) is 0 Å². The van der Waals surface area contributed by atoms with E-state index in [4.69, 9.17) is 5.11 Å². The van der Waals surface area contributed by atoms with Crippen molar-refractivity contribution in [2.45, 2.75) is 30.3 Å². The topological polar surface area (TPSA) is 94.9 Å². The van der Waals surface area contributed by atoms with Crippen LogP contribution in [-0.2, 0) is 14.8 Å². The Morgan fingerprint density at radius 3 is 2.15 bits per heavy atom. The maximum Gasteiger partial charge on any atom is 0.335 e. The highest BCUT2D eigenvalue weighted by molar-refractivity contribution is 7.89. The second kappa shape index (κ2) is 5.16. The number of aryl methyl sites for hydroxylation is 1. The molecular formula is C13H17NO5S.